The molecule has 2 saturated heterocycles. The van der Waals surface area contributed by atoms with Crippen molar-refractivity contribution in [3.05, 3.63) is 11.6 Å². The first-order valence-corrected chi connectivity index (χ1v) is 10.5. The van der Waals surface area contributed by atoms with Gasteiger partial charge in [-0.25, -0.2) is 0 Å². The van der Waals surface area contributed by atoms with Gasteiger partial charge in [0, 0.05) is 18.9 Å². The van der Waals surface area contributed by atoms with Crippen molar-refractivity contribution in [1.82, 2.24) is 0 Å². The molecule has 9 atom stereocenters. The van der Waals surface area contributed by atoms with Gasteiger partial charge >= 0.3 is 5.97 Å². The van der Waals surface area contributed by atoms with Crippen LogP contribution in [0.5, 0.6) is 0 Å². The smallest absolute Gasteiger partial charge is 0.311 e. The average molecular weight is 397 g/mol. The molecule has 160 valence electrons. The number of cyclic esters (lactones) is 1. The van der Waals surface area contributed by atoms with Crippen molar-refractivity contribution in [3.63, 3.8) is 0 Å². The maximum Gasteiger partial charge on any atom is 0.311 e. The molecule has 1 spiro atoms. The SMILES string of the molecule is CC[C@H]1OC(=O)[C@H](C)[C@@H](O)[C@H](C)[C@H]2O[C@@]3(O[C@@]1(C)C=C3C)[C@H](C)C[C@@]2(C)OC. The highest BCUT2D eigenvalue weighted by Gasteiger charge is 2.62. The van der Waals surface area contributed by atoms with Crippen LogP contribution in [0.25, 0.3) is 0 Å². The van der Waals surface area contributed by atoms with E-state index in [1.807, 2.05) is 40.7 Å². The number of fused-ring (bicyclic) bond motifs is 2. The quantitative estimate of drug-likeness (QED) is 0.571. The lowest BCUT2D eigenvalue weighted by atomic mass is 9.72. The summed E-state index contributed by atoms with van der Waals surface area (Å²) in [4.78, 5) is 12.8. The standard InChI is InChI=1S/C22H36O6/c1-9-16-20(6)10-12(2)22(28-20)13(3)11-21(7,25-8)18(27-22)14(4)17(23)15(5)19(24)26-16/h10,13-18,23H,9,11H2,1-8H3/t13-,14+,15-,16-,17+,18-,20+,21-,22+/m1/s1. The topological polar surface area (TPSA) is 74.2 Å². The van der Waals surface area contributed by atoms with Crippen molar-refractivity contribution in [2.24, 2.45) is 17.8 Å². The average Bonchev–Trinajstić information content (AvgIpc) is 2.91. The molecule has 0 aromatic heterocycles. The van der Waals surface area contributed by atoms with E-state index >= 15 is 0 Å². The van der Waals surface area contributed by atoms with Crippen molar-refractivity contribution < 1.29 is 28.8 Å². The van der Waals surface area contributed by atoms with E-state index in [0.29, 0.717) is 12.8 Å². The van der Waals surface area contributed by atoms with Gasteiger partial charge in [-0.15, -0.1) is 0 Å². The summed E-state index contributed by atoms with van der Waals surface area (Å²) in [7, 11) is 1.67. The van der Waals surface area contributed by atoms with Gasteiger partial charge < -0.3 is 24.1 Å². The molecular formula is C22H36O6. The molecule has 3 bridgehead atoms. The number of methoxy groups -OCH3 is 1. The maximum absolute atomic E-state index is 12.8. The molecule has 3 aliphatic rings. The molecule has 0 saturated carbocycles. The highest BCUT2D eigenvalue weighted by molar-refractivity contribution is 5.73. The Balaban J connectivity index is 2.15. The van der Waals surface area contributed by atoms with Crippen LogP contribution >= 0.6 is 0 Å². The second-order valence-electron chi connectivity index (χ2n) is 9.41. The molecule has 0 aliphatic carbocycles. The zero-order chi connectivity index (χ0) is 21.1. The number of carbonyl (C=O) groups excluding carboxylic acids is 1. The van der Waals surface area contributed by atoms with E-state index < -0.39 is 47.2 Å². The molecule has 2 fully saturated rings. The van der Waals surface area contributed by atoms with Crippen LogP contribution in [0.2, 0.25) is 0 Å². The van der Waals surface area contributed by atoms with E-state index in [9.17, 15) is 9.90 Å². The summed E-state index contributed by atoms with van der Waals surface area (Å²) in [5.74, 6) is -2.32. The number of ether oxygens (including phenoxy) is 4. The second kappa shape index (κ2) is 7.08. The predicted octanol–water partition coefficient (Wildman–Crippen LogP) is 3.22. The van der Waals surface area contributed by atoms with Crippen LogP contribution in [0.3, 0.4) is 0 Å². The minimum Gasteiger partial charge on any atom is -0.459 e. The minimum absolute atomic E-state index is 0.0301. The van der Waals surface area contributed by atoms with Gasteiger partial charge in [-0.2, -0.15) is 0 Å². The first kappa shape index (κ1) is 21.8. The summed E-state index contributed by atoms with van der Waals surface area (Å²) in [5.41, 5.74) is -0.405. The minimum atomic E-state index is -0.918. The molecular weight excluding hydrogens is 360 g/mol. The van der Waals surface area contributed by atoms with Crippen LogP contribution < -0.4 is 0 Å². The molecule has 1 N–H and O–H groups in total. The van der Waals surface area contributed by atoms with E-state index in [1.54, 1.807) is 14.0 Å². The zero-order valence-electron chi connectivity index (χ0n) is 18.4. The third-order valence-electron chi connectivity index (χ3n) is 7.32. The molecule has 6 nitrogen and oxygen atoms in total. The number of carbonyl (C=O) groups is 1. The third kappa shape index (κ3) is 3.04. The first-order valence-electron chi connectivity index (χ1n) is 10.5. The van der Waals surface area contributed by atoms with Crippen LogP contribution in [0.15, 0.2) is 11.6 Å². The van der Waals surface area contributed by atoms with E-state index in [4.69, 9.17) is 18.9 Å². The summed E-state index contributed by atoms with van der Waals surface area (Å²) in [5, 5.41) is 11.0. The molecule has 0 aromatic rings. The highest BCUT2D eigenvalue weighted by Crippen LogP contribution is 2.54. The summed E-state index contributed by atoms with van der Waals surface area (Å²) >= 11 is 0. The van der Waals surface area contributed by atoms with Gasteiger partial charge in [0.05, 0.1) is 23.7 Å². The number of aliphatic hydroxyl groups excluding tert-OH is 1. The number of aliphatic hydroxyl groups is 1. The Kier molecular flexibility index (Phi) is 5.50. The van der Waals surface area contributed by atoms with Gasteiger partial charge in [0.15, 0.2) is 5.79 Å². The monoisotopic (exact) mass is 396 g/mol. The molecule has 6 heteroatoms. The summed E-state index contributed by atoms with van der Waals surface area (Å²) in [6.07, 6.45) is 1.56. The van der Waals surface area contributed by atoms with Gasteiger partial charge in [0.25, 0.3) is 0 Å². The van der Waals surface area contributed by atoms with Crippen molar-refractivity contribution in [3.8, 4) is 0 Å². The van der Waals surface area contributed by atoms with E-state index in [2.05, 4.69) is 6.92 Å². The van der Waals surface area contributed by atoms with Crippen LogP contribution in [0, 0.1) is 17.8 Å². The van der Waals surface area contributed by atoms with Gasteiger partial charge in [0.2, 0.25) is 0 Å². The number of hydrogen-bond acceptors (Lipinski definition) is 6. The van der Waals surface area contributed by atoms with Crippen LogP contribution in [-0.2, 0) is 23.7 Å². The Hall–Kier alpha value is -0.950. The van der Waals surface area contributed by atoms with Crippen molar-refractivity contribution in [2.45, 2.75) is 96.6 Å². The van der Waals surface area contributed by atoms with Crippen LogP contribution in [-0.4, -0.2) is 53.5 Å². The molecule has 3 aliphatic heterocycles. The Morgan fingerprint density at radius 3 is 2.50 bits per heavy atom. The third-order valence-corrected chi connectivity index (χ3v) is 7.32. The number of esters is 1. The lowest BCUT2D eigenvalue weighted by Crippen LogP contribution is -2.63. The predicted molar refractivity (Wildman–Crippen MR) is 105 cm³/mol. The fourth-order valence-electron chi connectivity index (χ4n) is 5.51. The van der Waals surface area contributed by atoms with Gasteiger partial charge in [-0.1, -0.05) is 20.8 Å². The highest BCUT2D eigenvalue weighted by atomic mass is 16.7. The van der Waals surface area contributed by atoms with E-state index in [1.165, 1.54) is 0 Å². The first-order chi connectivity index (χ1) is 12.9. The van der Waals surface area contributed by atoms with E-state index in [-0.39, 0.29) is 11.8 Å². The Morgan fingerprint density at radius 1 is 1.29 bits per heavy atom. The second-order valence-corrected chi connectivity index (χ2v) is 9.41. The molecule has 0 radical (unpaired) electrons. The van der Waals surface area contributed by atoms with Crippen molar-refractivity contribution in [2.75, 3.05) is 7.11 Å². The summed E-state index contributed by atoms with van der Waals surface area (Å²) < 4.78 is 25.1. The Morgan fingerprint density at radius 2 is 1.93 bits per heavy atom. The van der Waals surface area contributed by atoms with Gasteiger partial charge in [0.1, 0.15) is 11.7 Å². The van der Waals surface area contributed by atoms with Crippen molar-refractivity contribution in [1.29, 1.82) is 0 Å². The lowest BCUT2D eigenvalue weighted by molar-refractivity contribution is -0.352. The molecule has 3 heterocycles. The van der Waals surface area contributed by atoms with Crippen LogP contribution in [0.4, 0.5) is 0 Å². The fourth-order valence-corrected chi connectivity index (χ4v) is 5.51. The van der Waals surface area contributed by atoms with Crippen molar-refractivity contribution >= 4 is 5.97 Å². The lowest BCUT2D eigenvalue weighted by Gasteiger charge is -2.54. The largest absolute Gasteiger partial charge is 0.459 e. The van der Waals surface area contributed by atoms with Gasteiger partial charge in [-0.3, -0.25) is 4.79 Å². The summed E-state index contributed by atoms with van der Waals surface area (Å²) in [6.45, 7) is 13.7. The molecule has 0 unspecified atom stereocenters. The summed E-state index contributed by atoms with van der Waals surface area (Å²) in [6, 6.07) is 0. The Bertz CT molecular complexity index is 661. The zero-order valence-corrected chi connectivity index (χ0v) is 18.4. The molecule has 3 rings (SSSR count). The molecule has 0 aromatic carbocycles. The normalized spacial score (nSPS) is 51.9. The number of rotatable bonds is 2. The maximum atomic E-state index is 12.8. The van der Waals surface area contributed by atoms with Crippen LogP contribution in [0.1, 0.15) is 61.3 Å². The number of hydrogen-bond donors (Lipinski definition) is 1. The molecule has 0 amide bonds. The molecule has 28 heavy (non-hydrogen) atoms. The van der Waals surface area contributed by atoms with E-state index in [0.717, 1.165) is 5.57 Å². The van der Waals surface area contributed by atoms with Gasteiger partial charge in [-0.05, 0) is 52.2 Å². The Labute approximate surface area is 168 Å². The fraction of sp³-hybridized carbons (Fsp3) is 0.864.